The molecule has 0 radical (unpaired) electrons. The van der Waals surface area contributed by atoms with Crippen LogP contribution in [0.2, 0.25) is 0 Å². The van der Waals surface area contributed by atoms with E-state index in [1.54, 1.807) is 0 Å². The first kappa shape index (κ1) is 39.8. The van der Waals surface area contributed by atoms with Gasteiger partial charge in [-0.15, -0.1) is 0 Å². The average Bonchev–Trinajstić information content (AvgIpc) is 2.84. The molecular formula is C33H68NO5P. The van der Waals surface area contributed by atoms with Crippen LogP contribution in [0.4, 0.5) is 0 Å². The Kier molecular flexibility index (Phi) is 23.1. The molecule has 240 valence electrons. The lowest BCUT2D eigenvalue weighted by Crippen LogP contribution is -2.47. The Hall–Kier alpha value is -0.230. The van der Waals surface area contributed by atoms with Crippen LogP contribution in [-0.4, -0.2) is 62.9 Å². The third-order valence-corrected chi connectivity index (χ3v) is 9.49. The standard InChI is InChI=1S/C33H68NO5P/c1-9-11-12-13-14-15-16-17-18-19-20-21-22-23-24-25-26-27-28-37-29-31(39-33(3,4)5)30-38-40(35,36)32(10-2)34(6,7)8/h16-17,31-32H,9-15,18-30H2,1-8H3/b17-16-/t31-,32?/m1/s1. The summed E-state index contributed by atoms with van der Waals surface area (Å²) in [7, 11) is 1.60. The van der Waals surface area contributed by atoms with E-state index in [2.05, 4.69) is 19.1 Å². The molecule has 7 heteroatoms. The minimum atomic E-state index is -4.04. The molecule has 0 aliphatic rings. The summed E-state index contributed by atoms with van der Waals surface area (Å²) >= 11 is 0. The molecule has 3 atom stereocenters. The summed E-state index contributed by atoms with van der Waals surface area (Å²) in [5, 5.41) is 0. The zero-order valence-electron chi connectivity index (χ0n) is 27.9. The molecule has 0 aromatic heterocycles. The molecule has 0 aliphatic heterocycles. The summed E-state index contributed by atoms with van der Waals surface area (Å²) in [5.74, 6) is -0.583. The molecule has 0 fully saturated rings. The van der Waals surface area contributed by atoms with E-state index < -0.39 is 25.1 Å². The third-order valence-electron chi connectivity index (χ3n) is 7.19. The summed E-state index contributed by atoms with van der Waals surface area (Å²) in [4.78, 5) is 12.8. The number of hydrogen-bond acceptors (Lipinski definition) is 5. The van der Waals surface area contributed by atoms with Gasteiger partial charge in [-0.1, -0.05) is 96.6 Å². The van der Waals surface area contributed by atoms with Gasteiger partial charge in [-0.25, -0.2) is 0 Å². The van der Waals surface area contributed by atoms with Crippen molar-refractivity contribution in [2.24, 2.45) is 0 Å². The Morgan fingerprint density at radius 3 is 1.68 bits per heavy atom. The highest BCUT2D eigenvalue weighted by Gasteiger charge is 2.34. The fraction of sp³-hybridized carbons (Fsp3) is 0.939. The van der Waals surface area contributed by atoms with E-state index in [0.29, 0.717) is 24.1 Å². The van der Waals surface area contributed by atoms with Gasteiger partial charge in [0.15, 0.2) is 13.4 Å². The maximum atomic E-state index is 12.8. The van der Waals surface area contributed by atoms with Gasteiger partial charge in [-0.3, -0.25) is 0 Å². The molecule has 0 aromatic rings. The summed E-state index contributed by atoms with van der Waals surface area (Å²) in [6.07, 6.45) is 25.7. The maximum absolute atomic E-state index is 12.8. The van der Waals surface area contributed by atoms with E-state index in [0.717, 1.165) is 6.42 Å². The van der Waals surface area contributed by atoms with Gasteiger partial charge >= 0.3 is 0 Å². The van der Waals surface area contributed by atoms with Crippen LogP contribution in [0.5, 0.6) is 0 Å². The summed E-state index contributed by atoms with van der Waals surface area (Å²) < 4.78 is 30.6. The van der Waals surface area contributed by atoms with E-state index in [1.807, 2.05) is 48.8 Å². The molecule has 0 aromatic carbocycles. The first-order valence-corrected chi connectivity index (χ1v) is 18.1. The second kappa shape index (κ2) is 23.3. The summed E-state index contributed by atoms with van der Waals surface area (Å²) in [6, 6.07) is 0. The highest BCUT2D eigenvalue weighted by Crippen LogP contribution is 2.47. The number of ether oxygens (including phenoxy) is 2. The minimum Gasteiger partial charge on any atom is -0.774 e. The van der Waals surface area contributed by atoms with Crippen molar-refractivity contribution in [1.82, 2.24) is 0 Å². The molecule has 0 saturated heterocycles. The van der Waals surface area contributed by atoms with Gasteiger partial charge in [-0.2, -0.15) is 0 Å². The summed E-state index contributed by atoms with van der Waals surface area (Å²) in [6.45, 7) is 11.0. The van der Waals surface area contributed by atoms with Gasteiger partial charge in [0, 0.05) is 13.0 Å². The minimum absolute atomic E-state index is 0.00996. The van der Waals surface area contributed by atoms with Gasteiger partial charge in [0.05, 0.1) is 40.0 Å². The van der Waals surface area contributed by atoms with Gasteiger partial charge < -0.3 is 27.9 Å². The smallest absolute Gasteiger partial charge is 0.193 e. The van der Waals surface area contributed by atoms with Crippen LogP contribution in [-0.2, 0) is 18.6 Å². The molecule has 2 unspecified atom stereocenters. The number of nitrogens with zero attached hydrogens (tertiary/aromatic N) is 1. The number of unbranched alkanes of at least 4 members (excludes halogenated alkanes) is 14. The molecule has 0 saturated carbocycles. The van der Waals surface area contributed by atoms with Crippen molar-refractivity contribution in [3.63, 3.8) is 0 Å². The SMILES string of the molecule is CCCCCCC/C=C\CCCCCCCCCCCOC[C@H](COP(=O)([O-])C(CC)[N+](C)(C)C)OC(C)(C)C. The van der Waals surface area contributed by atoms with Crippen LogP contribution in [0.15, 0.2) is 12.2 Å². The lowest BCUT2D eigenvalue weighted by molar-refractivity contribution is -0.884. The number of allylic oxidation sites excluding steroid dienone is 2. The van der Waals surface area contributed by atoms with Crippen LogP contribution >= 0.6 is 7.60 Å². The number of quaternary nitrogens is 1. The highest BCUT2D eigenvalue weighted by atomic mass is 31.2. The van der Waals surface area contributed by atoms with Crippen molar-refractivity contribution >= 4 is 7.60 Å². The monoisotopic (exact) mass is 589 g/mol. The predicted octanol–water partition coefficient (Wildman–Crippen LogP) is 9.02. The Morgan fingerprint density at radius 1 is 0.750 bits per heavy atom. The van der Waals surface area contributed by atoms with Crippen molar-refractivity contribution in [3.8, 4) is 0 Å². The van der Waals surface area contributed by atoms with Crippen molar-refractivity contribution in [1.29, 1.82) is 0 Å². The Balaban J connectivity index is 3.92. The van der Waals surface area contributed by atoms with Gasteiger partial charge in [-0.05, 0) is 52.9 Å². The van der Waals surface area contributed by atoms with Gasteiger partial charge in [0.2, 0.25) is 0 Å². The van der Waals surface area contributed by atoms with Crippen LogP contribution in [0.1, 0.15) is 144 Å². The molecular weight excluding hydrogens is 521 g/mol. The Morgan fingerprint density at radius 2 is 1.23 bits per heavy atom. The zero-order valence-corrected chi connectivity index (χ0v) is 28.8. The van der Waals surface area contributed by atoms with E-state index in [-0.39, 0.29) is 6.61 Å². The molecule has 6 nitrogen and oxygen atoms in total. The normalized spacial score (nSPS) is 15.9. The fourth-order valence-corrected chi connectivity index (χ4v) is 6.95. The van der Waals surface area contributed by atoms with Crippen molar-refractivity contribution in [3.05, 3.63) is 12.2 Å². The first-order valence-electron chi connectivity index (χ1n) is 16.5. The summed E-state index contributed by atoms with van der Waals surface area (Å²) in [5.41, 5.74) is -0.404. The first-order chi connectivity index (χ1) is 18.8. The second-order valence-electron chi connectivity index (χ2n) is 13.4. The Bertz CT molecular complexity index is 656. The maximum Gasteiger partial charge on any atom is 0.193 e. The lowest BCUT2D eigenvalue weighted by Gasteiger charge is -2.41. The van der Waals surface area contributed by atoms with Crippen molar-refractivity contribution < 1.29 is 27.9 Å². The number of rotatable bonds is 27. The molecule has 40 heavy (non-hydrogen) atoms. The molecule has 0 amide bonds. The zero-order chi connectivity index (χ0) is 30.3. The lowest BCUT2D eigenvalue weighted by atomic mass is 10.1. The Labute approximate surface area is 249 Å². The highest BCUT2D eigenvalue weighted by molar-refractivity contribution is 7.51. The van der Waals surface area contributed by atoms with Crippen LogP contribution in [0.3, 0.4) is 0 Å². The van der Waals surface area contributed by atoms with Crippen LogP contribution in [0, 0.1) is 0 Å². The molecule has 0 N–H and O–H groups in total. The molecule has 0 rings (SSSR count). The molecule has 0 aliphatic carbocycles. The van der Waals surface area contributed by atoms with Crippen molar-refractivity contribution in [2.45, 2.75) is 161 Å². The largest absolute Gasteiger partial charge is 0.774 e. The van der Waals surface area contributed by atoms with E-state index in [9.17, 15) is 9.46 Å². The van der Waals surface area contributed by atoms with E-state index >= 15 is 0 Å². The average molecular weight is 590 g/mol. The second-order valence-corrected chi connectivity index (χ2v) is 15.3. The molecule has 0 bridgehead atoms. The third kappa shape index (κ3) is 23.3. The van der Waals surface area contributed by atoms with E-state index in [1.165, 1.54) is 96.3 Å². The van der Waals surface area contributed by atoms with Gasteiger partial charge in [0.1, 0.15) is 6.10 Å². The fourth-order valence-electron chi connectivity index (χ4n) is 5.10. The van der Waals surface area contributed by atoms with Crippen LogP contribution in [0.25, 0.3) is 0 Å². The molecule has 0 spiro atoms. The number of hydrogen-bond donors (Lipinski definition) is 0. The van der Waals surface area contributed by atoms with Crippen LogP contribution < -0.4 is 4.89 Å². The predicted molar refractivity (Wildman–Crippen MR) is 170 cm³/mol. The topological polar surface area (TPSA) is 67.8 Å². The quantitative estimate of drug-likeness (QED) is 0.0414. The van der Waals surface area contributed by atoms with Crippen molar-refractivity contribution in [2.75, 3.05) is 41.0 Å². The van der Waals surface area contributed by atoms with Gasteiger partial charge in [0.25, 0.3) is 0 Å². The van der Waals surface area contributed by atoms with E-state index in [4.69, 9.17) is 14.0 Å². The molecule has 0 heterocycles.